The minimum atomic E-state index is -3.36. The second-order valence-electron chi connectivity index (χ2n) is 6.36. The molecule has 128 valence electrons. The van der Waals surface area contributed by atoms with Crippen LogP contribution < -0.4 is 0 Å². The molecule has 1 amide bonds. The molecule has 0 aliphatic carbocycles. The third-order valence-corrected chi connectivity index (χ3v) is 5.70. The van der Waals surface area contributed by atoms with Gasteiger partial charge in [-0.1, -0.05) is 6.07 Å². The maximum absolute atomic E-state index is 12.9. The lowest BCUT2D eigenvalue weighted by atomic mass is 10.1. The smallest absolute Gasteiger partial charge is 0.254 e. The molecule has 0 N–H and O–H groups in total. The van der Waals surface area contributed by atoms with Crippen molar-refractivity contribution >= 4 is 15.7 Å². The lowest BCUT2D eigenvalue weighted by molar-refractivity contribution is 0.0735. The maximum Gasteiger partial charge on any atom is 0.254 e. The number of carbonyl (C=O) groups excluding carboxylic acids is 1. The largest absolute Gasteiger partial charge is 0.331 e. The van der Waals surface area contributed by atoms with Crippen LogP contribution in [0.25, 0.3) is 0 Å². The van der Waals surface area contributed by atoms with E-state index in [0.29, 0.717) is 17.7 Å². The van der Waals surface area contributed by atoms with E-state index in [4.69, 9.17) is 0 Å². The molecule has 7 heteroatoms. The summed E-state index contributed by atoms with van der Waals surface area (Å²) in [5, 5.41) is 4.19. The fraction of sp³-hybridized carbons (Fsp3) is 0.412. The summed E-state index contributed by atoms with van der Waals surface area (Å²) in [6.45, 7) is 2.40. The number of likely N-dealkylation sites (tertiary alicyclic amines) is 1. The first-order valence-electron chi connectivity index (χ1n) is 7.87. The third kappa shape index (κ3) is 3.08. The minimum Gasteiger partial charge on any atom is -0.331 e. The highest BCUT2D eigenvalue weighted by Crippen LogP contribution is 2.33. The summed E-state index contributed by atoms with van der Waals surface area (Å²) < 4.78 is 25.5. The second kappa shape index (κ2) is 6.05. The van der Waals surface area contributed by atoms with Gasteiger partial charge >= 0.3 is 0 Å². The molecule has 1 aliphatic rings. The Morgan fingerprint density at radius 1 is 1.33 bits per heavy atom. The van der Waals surface area contributed by atoms with Gasteiger partial charge in [0.1, 0.15) is 0 Å². The number of aromatic nitrogens is 2. The van der Waals surface area contributed by atoms with E-state index >= 15 is 0 Å². The summed E-state index contributed by atoms with van der Waals surface area (Å²) in [6, 6.07) is 4.88. The topological polar surface area (TPSA) is 72.3 Å². The zero-order valence-corrected chi connectivity index (χ0v) is 14.9. The highest BCUT2D eigenvalue weighted by atomic mass is 32.2. The van der Waals surface area contributed by atoms with E-state index < -0.39 is 9.84 Å². The van der Waals surface area contributed by atoms with Gasteiger partial charge in [0.2, 0.25) is 0 Å². The standard InChI is InChI=1S/C17H21N3O3S/c1-12-6-7-13(9-16(12)24(3,22)23)17(21)20-8-4-5-15(20)14-10-18-19(2)11-14/h6-7,9-11,15H,4-5,8H2,1-3H3/t15-/m1/s1. The molecule has 0 bridgehead atoms. The molecule has 1 aromatic heterocycles. The zero-order valence-electron chi connectivity index (χ0n) is 14.1. The summed E-state index contributed by atoms with van der Waals surface area (Å²) in [5.41, 5.74) is 2.08. The molecule has 24 heavy (non-hydrogen) atoms. The molecule has 0 spiro atoms. The van der Waals surface area contributed by atoms with Crippen LogP contribution >= 0.6 is 0 Å². The Kier molecular flexibility index (Phi) is 4.21. The normalized spacial score (nSPS) is 18.1. The first-order valence-corrected chi connectivity index (χ1v) is 9.77. The van der Waals surface area contributed by atoms with Gasteiger partial charge in [-0.05, 0) is 37.5 Å². The van der Waals surface area contributed by atoms with Crippen molar-refractivity contribution in [3.63, 3.8) is 0 Å². The molecule has 1 aliphatic heterocycles. The SMILES string of the molecule is Cc1ccc(C(=O)N2CCC[C@@H]2c2cnn(C)c2)cc1S(C)(=O)=O. The second-order valence-corrected chi connectivity index (χ2v) is 8.34. The van der Waals surface area contributed by atoms with Gasteiger partial charge < -0.3 is 4.90 Å². The predicted octanol–water partition coefficient (Wildman–Crippen LogP) is 2.11. The molecule has 1 atom stereocenters. The van der Waals surface area contributed by atoms with E-state index in [2.05, 4.69) is 5.10 Å². The average molecular weight is 347 g/mol. The van der Waals surface area contributed by atoms with Crippen molar-refractivity contribution in [2.45, 2.75) is 30.7 Å². The molecule has 0 saturated carbocycles. The van der Waals surface area contributed by atoms with E-state index in [1.54, 1.807) is 29.9 Å². The van der Waals surface area contributed by atoms with Crippen LogP contribution in [0.15, 0.2) is 35.5 Å². The van der Waals surface area contributed by atoms with Gasteiger partial charge in [0.05, 0.1) is 17.1 Å². The Labute approximate surface area is 142 Å². The van der Waals surface area contributed by atoms with Crippen LogP contribution in [0.4, 0.5) is 0 Å². The van der Waals surface area contributed by atoms with Crippen molar-refractivity contribution in [3.05, 3.63) is 47.3 Å². The van der Waals surface area contributed by atoms with Gasteiger partial charge in [-0.25, -0.2) is 8.42 Å². The molecule has 1 fully saturated rings. The summed E-state index contributed by atoms with van der Waals surface area (Å²) in [4.78, 5) is 15.0. The number of aryl methyl sites for hydroxylation is 2. The minimum absolute atomic E-state index is 0.00538. The van der Waals surface area contributed by atoms with Crippen molar-refractivity contribution in [1.82, 2.24) is 14.7 Å². The van der Waals surface area contributed by atoms with Crippen LogP contribution in [0.3, 0.4) is 0 Å². The predicted molar refractivity (Wildman–Crippen MR) is 90.5 cm³/mol. The van der Waals surface area contributed by atoms with Gasteiger partial charge in [-0.2, -0.15) is 5.10 Å². The van der Waals surface area contributed by atoms with Crippen molar-refractivity contribution < 1.29 is 13.2 Å². The number of nitrogens with zero attached hydrogens (tertiary/aromatic N) is 3. The maximum atomic E-state index is 12.9. The monoisotopic (exact) mass is 347 g/mol. The lowest BCUT2D eigenvalue weighted by Gasteiger charge is -2.24. The summed E-state index contributed by atoms with van der Waals surface area (Å²) in [7, 11) is -1.51. The van der Waals surface area contributed by atoms with E-state index in [1.165, 1.54) is 6.07 Å². The van der Waals surface area contributed by atoms with Crippen LogP contribution in [0.2, 0.25) is 0 Å². The van der Waals surface area contributed by atoms with Crippen molar-refractivity contribution in [1.29, 1.82) is 0 Å². The number of hydrogen-bond donors (Lipinski definition) is 0. The van der Waals surface area contributed by atoms with Gasteiger partial charge in [-0.15, -0.1) is 0 Å². The lowest BCUT2D eigenvalue weighted by Crippen LogP contribution is -2.30. The van der Waals surface area contributed by atoms with Crippen molar-refractivity contribution in [2.24, 2.45) is 7.05 Å². The van der Waals surface area contributed by atoms with E-state index in [0.717, 1.165) is 24.7 Å². The quantitative estimate of drug-likeness (QED) is 0.852. The number of carbonyl (C=O) groups is 1. The van der Waals surface area contributed by atoms with Gasteiger partial charge in [0.15, 0.2) is 9.84 Å². The average Bonchev–Trinajstić information content (AvgIpc) is 3.14. The van der Waals surface area contributed by atoms with Gasteiger partial charge in [0.25, 0.3) is 5.91 Å². The Balaban J connectivity index is 1.94. The Morgan fingerprint density at radius 3 is 2.71 bits per heavy atom. The van der Waals surface area contributed by atoms with Gasteiger partial charge in [-0.3, -0.25) is 9.48 Å². The molecular weight excluding hydrogens is 326 g/mol. The van der Waals surface area contributed by atoms with Crippen LogP contribution in [0, 0.1) is 6.92 Å². The third-order valence-electron chi connectivity index (χ3n) is 4.46. The van der Waals surface area contributed by atoms with Crippen LogP contribution in [-0.2, 0) is 16.9 Å². The molecule has 1 aromatic carbocycles. The summed E-state index contributed by atoms with van der Waals surface area (Å²) in [5.74, 6) is -0.133. The molecular formula is C17H21N3O3S. The first-order chi connectivity index (χ1) is 11.3. The Bertz CT molecular complexity index is 886. The highest BCUT2D eigenvalue weighted by Gasteiger charge is 2.31. The summed E-state index contributed by atoms with van der Waals surface area (Å²) >= 11 is 0. The summed E-state index contributed by atoms with van der Waals surface area (Å²) in [6.07, 6.45) is 6.69. The number of benzene rings is 1. The number of rotatable bonds is 3. The zero-order chi connectivity index (χ0) is 17.5. The molecule has 2 heterocycles. The number of amides is 1. The first kappa shape index (κ1) is 16.7. The molecule has 1 saturated heterocycles. The van der Waals surface area contributed by atoms with Crippen LogP contribution in [0.1, 0.15) is 40.4 Å². The molecule has 0 radical (unpaired) electrons. The van der Waals surface area contributed by atoms with E-state index in [-0.39, 0.29) is 16.8 Å². The van der Waals surface area contributed by atoms with Crippen molar-refractivity contribution in [3.8, 4) is 0 Å². The molecule has 2 aromatic rings. The fourth-order valence-corrected chi connectivity index (χ4v) is 4.26. The molecule has 0 unspecified atom stereocenters. The Morgan fingerprint density at radius 2 is 2.08 bits per heavy atom. The number of sulfone groups is 1. The highest BCUT2D eigenvalue weighted by molar-refractivity contribution is 7.90. The fourth-order valence-electron chi connectivity index (χ4n) is 3.27. The molecule has 3 rings (SSSR count). The Hall–Kier alpha value is -2.15. The van der Waals surface area contributed by atoms with Crippen molar-refractivity contribution in [2.75, 3.05) is 12.8 Å². The number of hydrogen-bond acceptors (Lipinski definition) is 4. The van der Waals surface area contributed by atoms with Crippen LogP contribution in [-0.4, -0.2) is 41.8 Å². The van der Waals surface area contributed by atoms with Gasteiger partial charge in [0, 0.05) is 37.2 Å². The molecule has 6 nitrogen and oxygen atoms in total. The van der Waals surface area contributed by atoms with E-state index in [9.17, 15) is 13.2 Å². The van der Waals surface area contributed by atoms with Crippen LogP contribution in [0.5, 0.6) is 0 Å². The van der Waals surface area contributed by atoms with E-state index in [1.807, 2.05) is 18.1 Å².